The number of benzene rings is 2. The van der Waals surface area contributed by atoms with Gasteiger partial charge < -0.3 is 9.80 Å². The number of piperazine rings is 1. The summed E-state index contributed by atoms with van der Waals surface area (Å²) in [6.07, 6.45) is 4.59. The molecular formula is C26H28FN5O2. The molecular weight excluding hydrogens is 433 g/mol. The Hall–Kier alpha value is -3.65. The van der Waals surface area contributed by atoms with Gasteiger partial charge in [0, 0.05) is 64.6 Å². The van der Waals surface area contributed by atoms with Gasteiger partial charge in [-0.3, -0.25) is 19.5 Å². The number of hydrogen-bond acceptors (Lipinski definition) is 5. The van der Waals surface area contributed by atoms with Crippen molar-refractivity contribution in [2.45, 2.75) is 19.5 Å². The van der Waals surface area contributed by atoms with E-state index >= 15 is 0 Å². The second kappa shape index (κ2) is 11.5. The minimum Gasteiger partial charge on any atom is -0.340 e. The van der Waals surface area contributed by atoms with Crippen LogP contribution in [0.3, 0.4) is 0 Å². The minimum atomic E-state index is -0.336. The molecule has 1 aliphatic rings. The predicted octanol–water partition coefficient (Wildman–Crippen LogP) is 2.99. The summed E-state index contributed by atoms with van der Waals surface area (Å²) < 4.78 is 13.3. The third-order valence-corrected chi connectivity index (χ3v) is 5.93. The molecule has 2 aromatic carbocycles. The van der Waals surface area contributed by atoms with Gasteiger partial charge in [-0.15, -0.1) is 0 Å². The van der Waals surface area contributed by atoms with Gasteiger partial charge in [0.2, 0.25) is 5.91 Å². The number of rotatable bonds is 8. The van der Waals surface area contributed by atoms with Crippen LogP contribution < -0.4 is 0 Å². The molecule has 2 heterocycles. The van der Waals surface area contributed by atoms with Crippen LogP contribution in [-0.4, -0.2) is 69.2 Å². The van der Waals surface area contributed by atoms with Crippen LogP contribution >= 0.6 is 0 Å². The van der Waals surface area contributed by atoms with E-state index in [9.17, 15) is 14.0 Å². The molecule has 1 saturated heterocycles. The number of hydrogen-bond donors (Lipinski definition) is 0. The van der Waals surface area contributed by atoms with Crippen LogP contribution in [0.4, 0.5) is 4.39 Å². The molecule has 1 aromatic heterocycles. The summed E-state index contributed by atoms with van der Waals surface area (Å²) >= 11 is 0. The molecule has 0 radical (unpaired) electrons. The summed E-state index contributed by atoms with van der Waals surface area (Å²) in [5.41, 5.74) is 2.26. The Kier molecular flexibility index (Phi) is 7.93. The normalized spacial score (nSPS) is 14.1. The molecule has 0 saturated carbocycles. The van der Waals surface area contributed by atoms with E-state index in [4.69, 9.17) is 0 Å². The highest BCUT2D eigenvalue weighted by molar-refractivity contribution is 5.92. The second-order valence-corrected chi connectivity index (χ2v) is 8.34. The molecule has 0 spiro atoms. The first-order valence-corrected chi connectivity index (χ1v) is 11.4. The Labute approximate surface area is 198 Å². The van der Waals surface area contributed by atoms with Crippen LogP contribution in [0.15, 0.2) is 73.2 Å². The van der Waals surface area contributed by atoms with Crippen molar-refractivity contribution in [3.63, 3.8) is 0 Å². The lowest BCUT2D eigenvalue weighted by atomic mass is 10.2. The Bertz CT molecular complexity index is 1070. The molecule has 0 N–H and O–H groups in total. The molecule has 176 valence electrons. The van der Waals surface area contributed by atoms with Crippen molar-refractivity contribution in [1.29, 1.82) is 0 Å². The zero-order valence-corrected chi connectivity index (χ0v) is 19.0. The van der Waals surface area contributed by atoms with Crippen molar-refractivity contribution in [3.05, 3.63) is 95.8 Å². The molecule has 7 nitrogen and oxygen atoms in total. The highest BCUT2D eigenvalue weighted by Gasteiger charge is 2.23. The van der Waals surface area contributed by atoms with Gasteiger partial charge in [0.1, 0.15) is 11.5 Å². The molecule has 0 aliphatic carbocycles. The molecule has 0 unspecified atom stereocenters. The van der Waals surface area contributed by atoms with E-state index in [2.05, 4.69) is 27.0 Å². The third kappa shape index (κ3) is 6.45. The predicted molar refractivity (Wildman–Crippen MR) is 126 cm³/mol. The van der Waals surface area contributed by atoms with Gasteiger partial charge in [0.15, 0.2) is 0 Å². The standard InChI is InChI=1S/C26H28FN5O2/c27-23-8-6-22(7-9-23)20-32(26(34)24-18-28-11-12-29-24)13-10-25(33)31-16-14-30(15-17-31)19-21-4-2-1-3-5-21/h1-9,11-12,18H,10,13-17,19-20H2. The Morgan fingerprint density at radius 1 is 0.912 bits per heavy atom. The van der Waals surface area contributed by atoms with Crippen molar-refractivity contribution in [2.75, 3.05) is 32.7 Å². The van der Waals surface area contributed by atoms with Gasteiger partial charge in [-0.25, -0.2) is 9.37 Å². The van der Waals surface area contributed by atoms with Crippen molar-refractivity contribution >= 4 is 11.8 Å². The molecule has 0 bridgehead atoms. The first-order valence-electron chi connectivity index (χ1n) is 11.4. The maximum absolute atomic E-state index is 13.3. The van der Waals surface area contributed by atoms with Crippen molar-refractivity contribution in [1.82, 2.24) is 24.7 Å². The number of carbonyl (C=O) groups is 2. The SMILES string of the molecule is O=C(CCN(Cc1ccc(F)cc1)C(=O)c1cnccn1)N1CCN(Cc2ccccc2)CC1. The van der Waals surface area contributed by atoms with Crippen LogP contribution in [-0.2, 0) is 17.9 Å². The third-order valence-electron chi connectivity index (χ3n) is 5.93. The van der Waals surface area contributed by atoms with Gasteiger partial charge in [0.05, 0.1) is 6.20 Å². The fourth-order valence-corrected chi connectivity index (χ4v) is 4.02. The van der Waals surface area contributed by atoms with Gasteiger partial charge in [-0.2, -0.15) is 0 Å². The van der Waals surface area contributed by atoms with E-state index in [0.29, 0.717) is 13.1 Å². The summed E-state index contributed by atoms with van der Waals surface area (Å²) in [5, 5.41) is 0. The maximum atomic E-state index is 13.3. The van der Waals surface area contributed by atoms with E-state index < -0.39 is 0 Å². The molecule has 3 aromatic rings. The first-order chi connectivity index (χ1) is 16.6. The van der Waals surface area contributed by atoms with E-state index in [1.54, 1.807) is 17.0 Å². The summed E-state index contributed by atoms with van der Waals surface area (Å²) in [7, 11) is 0. The Morgan fingerprint density at radius 2 is 1.65 bits per heavy atom. The summed E-state index contributed by atoms with van der Waals surface area (Å²) in [6, 6.07) is 16.3. The van der Waals surface area contributed by atoms with Crippen molar-refractivity contribution < 1.29 is 14.0 Å². The van der Waals surface area contributed by atoms with Crippen LogP contribution in [0.5, 0.6) is 0 Å². The van der Waals surface area contributed by atoms with Crippen molar-refractivity contribution in [2.24, 2.45) is 0 Å². The lowest BCUT2D eigenvalue weighted by Gasteiger charge is -2.35. The number of nitrogens with zero attached hydrogens (tertiary/aromatic N) is 5. The fraction of sp³-hybridized carbons (Fsp3) is 0.308. The van der Waals surface area contributed by atoms with Crippen LogP contribution in [0.1, 0.15) is 28.0 Å². The molecule has 2 amide bonds. The highest BCUT2D eigenvalue weighted by Crippen LogP contribution is 2.13. The maximum Gasteiger partial charge on any atom is 0.274 e. The lowest BCUT2D eigenvalue weighted by molar-refractivity contribution is -0.133. The van der Waals surface area contributed by atoms with Gasteiger partial charge in [-0.05, 0) is 23.3 Å². The Morgan fingerprint density at radius 3 is 2.32 bits per heavy atom. The van der Waals surface area contributed by atoms with Gasteiger partial charge >= 0.3 is 0 Å². The summed E-state index contributed by atoms with van der Waals surface area (Å²) in [5.74, 6) is -0.620. The van der Waals surface area contributed by atoms with Crippen LogP contribution in [0.25, 0.3) is 0 Å². The van der Waals surface area contributed by atoms with Crippen LogP contribution in [0, 0.1) is 5.82 Å². The Balaban J connectivity index is 1.33. The number of halogens is 1. The van der Waals surface area contributed by atoms with E-state index in [1.165, 1.54) is 36.3 Å². The highest BCUT2D eigenvalue weighted by atomic mass is 19.1. The first kappa shape index (κ1) is 23.5. The van der Waals surface area contributed by atoms with Gasteiger partial charge in [0.25, 0.3) is 5.91 Å². The average Bonchev–Trinajstić information content (AvgIpc) is 2.88. The second-order valence-electron chi connectivity index (χ2n) is 8.34. The topological polar surface area (TPSA) is 69.6 Å². The quantitative estimate of drug-likeness (QED) is 0.516. The number of aromatic nitrogens is 2. The molecule has 34 heavy (non-hydrogen) atoms. The monoisotopic (exact) mass is 461 g/mol. The lowest BCUT2D eigenvalue weighted by Crippen LogP contribution is -2.49. The summed E-state index contributed by atoms with van der Waals surface area (Å²) in [6.45, 7) is 4.35. The molecule has 4 rings (SSSR count). The average molecular weight is 462 g/mol. The smallest absolute Gasteiger partial charge is 0.274 e. The zero-order valence-electron chi connectivity index (χ0n) is 19.0. The molecule has 0 atom stereocenters. The van der Waals surface area contributed by atoms with E-state index in [-0.39, 0.29) is 42.8 Å². The molecule has 1 fully saturated rings. The largest absolute Gasteiger partial charge is 0.340 e. The molecule has 8 heteroatoms. The van der Waals surface area contributed by atoms with Crippen LogP contribution in [0.2, 0.25) is 0 Å². The van der Waals surface area contributed by atoms with E-state index in [0.717, 1.165) is 25.2 Å². The fourth-order valence-electron chi connectivity index (χ4n) is 4.02. The number of carbonyl (C=O) groups excluding carboxylic acids is 2. The zero-order chi connectivity index (χ0) is 23.8. The summed E-state index contributed by atoms with van der Waals surface area (Å²) in [4.78, 5) is 39.8. The van der Waals surface area contributed by atoms with E-state index in [1.807, 2.05) is 23.1 Å². The number of amides is 2. The minimum absolute atomic E-state index is 0.0235. The van der Waals surface area contributed by atoms with Gasteiger partial charge in [-0.1, -0.05) is 42.5 Å². The van der Waals surface area contributed by atoms with Crippen molar-refractivity contribution in [3.8, 4) is 0 Å². The molecule has 1 aliphatic heterocycles.